The summed E-state index contributed by atoms with van der Waals surface area (Å²) in [7, 11) is 2.10. The molecule has 1 heterocycles. The predicted octanol–water partition coefficient (Wildman–Crippen LogP) is -0.0734. The first-order chi connectivity index (χ1) is 8.10. The number of hydrogen-bond donors (Lipinski definition) is 2. The van der Waals surface area contributed by atoms with Crippen LogP contribution >= 0.6 is 0 Å². The summed E-state index contributed by atoms with van der Waals surface area (Å²) in [6.07, 6.45) is 5.01. The zero-order valence-electron chi connectivity index (χ0n) is 10.7. The summed E-state index contributed by atoms with van der Waals surface area (Å²) in [6, 6.07) is 0. The Morgan fingerprint density at radius 1 is 1.12 bits per heavy atom. The molecule has 0 aromatic heterocycles. The number of piperazine rings is 1. The predicted molar refractivity (Wildman–Crippen MR) is 67.2 cm³/mol. The van der Waals surface area contributed by atoms with E-state index in [9.17, 15) is 4.79 Å². The van der Waals surface area contributed by atoms with E-state index in [-0.39, 0.29) is 5.91 Å². The maximum atomic E-state index is 12.2. The number of nitrogens with zero attached hydrogens (tertiary/aromatic N) is 2. The molecule has 0 unspecified atom stereocenters. The Morgan fingerprint density at radius 2 is 1.71 bits per heavy atom. The van der Waals surface area contributed by atoms with Gasteiger partial charge in [0.25, 0.3) is 5.91 Å². The van der Waals surface area contributed by atoms with E-state index >= 15 is 0 Å². The standard InChI is InChI=1S/C12H24N4O/c1-15-7-9-16(10-8-15)14-11(17)12(13)5-3-2-4-6-12/h2-10,13H2,1H3,(H,14,17). The van der Waals surface area contributed by atoms with Crippen LogP contribution in [0.15, 0.2) is 0 Å². The Morgan fingerprint density at radius 3 is 2.29 bits per heavy atom. The summed E-state index contributed by atoms with van der Waals surface area (Å²) in [5.74, 6) is 0.0155. The summed E-state index contributed by atoms with van der Waals surface area (Å²) in [6.45, 7) is 3.77. The average Bonchev–Trinajstić information content (AvgIpc) is 2.33. The van der Waals surface area contributed by atoms with Crippen molar-refractivity contribution < 1.29 is 4.79 Å². The molecule has 17 heavy (non-hydrogen) atoms. The SMILES string of the molecule is CN1CCN(NC(=O)C2(N)CCCCC2)CC1. The lowest BCUT2D eigenvalue weighted by Gasteiger charge is -2.37. The van der Waals surface area contributed by atoms with Gasteiger partial charge in [-0.15, -0.1) is 0 Å². The average molecular weight is 240 g/mol. The Bertz CT molecular complexity index is 268. The number of nitrogens with one attached hydrogen (secondary N) is 1. The van der Waals surface area contributed by atoms with E-state index in [1.54, 1.807) is 0 Å². The van der Waals surface area contributed by atoms with E-state index in [1.807, 2.05) is 5.01 Å². The van der Waals surface area contributed by atoms with E-state index in [4.69, 9.17) is 5.73 Å². The highest BCUT2D eigenvalue weighted by Gasteiger charge is 2.36. The van der Waals surface area contributed by atoms with Crippen molar-refractivity contribution >= 4 is 5.91 Å². The lowest BCUT2D eigenvalue weighted by molar-refractivity contribution is -0.133. The van der Waals surface area contributed by atoms with Crippen LogP contribution in [-0.2, 0) is 4.79 Å². The van der Waals surface area contributed by atoms with Gasteiger partial charge in [0.1, 0.15) is 0 Å². The number of rotatable bonds is 2. The molecule has 5 nitrogen and oxygen atoms in total. The first-order valence-corrected chi connectivity index (χ1v) is 6.64. The fourth-order valence-electron chi connectivity index (χ4n) is 2.58. The molecule has 3 N–H and O–H groups in total. The molecular formula is C12H24N4O. The fraction of sp³-hybridized carbons (Fsp3) is 0.917. The third-order valence-corrected chi connectivity index (χ3v) is 3.96. The normalized spacial score (nSPS) is 26.7. The number of hydrazine groups is 1. The summed E-state index contributed by atoms with van der Waals surface area (Å²) >= 11 is 0. The van der Waals surface area contributed by atoms with Crippen LogP contribution in [0.3, 0.4) is 0 Å². The van der Waals surface area contributed by atoms with Crippen LogP contribution in [0.5, 0.6) is 0 Å². The molecule has 1 saturated carbocycles. The second-order valence-corrected chi connectivity index (χ2v) is 5.45. The molecular weight excluding hydrogens is 216 g/mol. The number of hydrogen-bond acceptors (Lipinski definition) is 4. The molecule has 2 rings (SSSR count). The smallest absolute Gasteiger partial charge is 0.254 e. The van der Waals surface area contributed by atoms with Crippen molar-refractivity contribution in [2.75, 3.05) is 33.2 Å². The van der Waals surface area contributed by atoms with E-state index in [1.165, 1.54) is 6.42 Å². The molecule has 0 radical (unpaired) electrons. The van der Waals surface area contributed by atoms with Gasteiger partial charge in [-0.25, -0.2) is 5.01 Å². The van der Waals surface area contributed by atoms with Crippen molar-refractivity contribution in [2.24, 2.45) is 5.73 Å². The van der Waals surface area contributed by atoms with Gasteiger partial charge in [0.15, 0.2) is 0 Å². The molecule has 1 aliphatic carbocycles. The molecule has 5 heteroatoms. The quantitative estimate of drug-likeness (QED) is 0.709. The Hall–Kier alpha value is -0.650. The van der Waals surface area contributed by atoms with Crippen molar-refractivity contribution in [3.63, 3.8) is 0 Å². The third kappa shape index (κ3) is 3.18. The number of carbonyl (C=O) groups is 1. The van der Waals surface area contributed by atoms with Crippen molar-refractivity contribution in [1.29, 1.82) is 0 Å². The largest absolute Gasteiger partial charge is 0.317 e. The highest BCUT2D eigenvalue weighted by Crippen LogP contribution is 2.26. The minimum absolute atomic E-state index is 0.0155. The Kier molecular flexibility index (Phi) is 4.01. The molecule has 1 aliphatic heterocycles. The Balaban J connectivity index is 1.83. The molecule has 2 fully saturated rings. The van der Waals surface area contributed by atoms with Gasteiger partial charge in [-0.05, 0) is 19.9 Å². The lowest BCUT2D eigenvalue weighted by atomic mass is 9.82. The first kappa shape index (κ1) is 12.8. The van der Waals surface area contributed by atoms with Crippen LogP contribution in [-0.4, -0.2) is 54.6 Å². The van der Waals surface area contributed by atoms with Crippen LogP contribution in [0.1, 0.15) is 32.1 Å². The summed E-state index contributed by atoms with van der Waals surface area (Å²) in [5, 5.41) is 2.01. The van der Waals surface area contributed by atoms with E-state index < -0.39 is 5.54 Å². The molecule has 0 spiro atoms. The first-order valence-electron chi connectivity index (χ1n) is 6.64. The van der Waals surface area contributed by atoms with Crippen molar-refractivity contribution in [3.05, 3.63) is 0 Å². The third-order valence-electron chi connectivity index (χ3n) is 3.96. The van der Waals surface area contributed by atoms with Gasteiger partial charge in [0, 0.05) is 26.2 Å². The van der Waals surface area contributed by atoms with Gasteiger partial charge in [-0.1, -0.05) is 19.3 Å². The summed E-state index contributed by atoms with van der Waals surface area (Å²) in [5.41, 5.74) is 8.57. The molecule has 0 bridgehead atoms. The van der Waals surface area contributed by atoms with Gasteiger partial charge >= 0.3 is 0 Å². The molecule has 2 aliphatic rings. The van der Waals surface area contributed by atoms with E-state index in [2.05, 4.69) is 17.4 Å². The van der Waals surface area contributed by atoms with Gasteiger partial charge in [-0.2, -0.15) is 0 Å². The second kappa shape index (κ2) is 5.33. The second-order valence-electron chi connectivity index (χ2n) is 5.45. The summed E-state index contributed by atoms with van der Waals surface area (Å²) in [4.78, 5) is 14.4. The maximum absolute atomic E-state index is 12.2. The van der Waals surface area contributed by atoms with Gasteiger partial charge in [0.05, 0.1) is 5.54 Å². The maximum Gasteiger partial charge on any atom is 0.254 e. The molecule has 98 valence electrons. The highest BCUT2D eigenvalue weighted by molar-refractivity contribution is 5.85. The molecule has 0 aromatic carbocycles. The number of carbonyl (C=O) groups excluding carboxylic acids is 1. The van der Waals surface area contributed by atoms with Crippen LogP contribution in [0.25, 0.3) is 0 Å². The lowest BCUT2D eigenvalue weighted by Crippen LogP contribution is -2.61. The summed E-state index contributed by atoms with van der Waals surface area (Å²) < 4.78 is 0. The highest BCUT2D eigenvalue weighted by atomic mass is 16.2. The molecule has 1 amide bonds. The van der Waals surface area contributed by atoms with Crippen molar-refractivity contribution in [3.8, 4) is 0 Å². The van der Waals surface area contributed by atoms with Crippen LogP contribution in [0.2, 0.25) is 0 Å². The molecule has 0 atom stereocenters. The fourth-order valence-corrected chi connectivity index (χ4v) is 2.58. The van der Waals surface area contributed by atoms with Crippen LogP contribution < -0.4 is 11.2 Å². The number of nitrogens with two attached hydrogens (primary N) is 1. The molecule has 0 aromatic rings. The van der Waals surface area contributed by atoms with Crippen LogP contribution in [0, 0.1) is 0 Å². The van der Waals surface area contributed by atoms with E-state index in [0.717, 1.165) is 51.9 Å². The topological polar surface area (TPSA) is 61.6 Å². The van der Waals surface area contributed by atoms with Gasteiger partial charge in [-0.3, -0.25) is 10.2 Å². The van der Waals surface area contributed by atoms with Gasteiger partial charge < -0.3 is 10.6 Å². The zero-order chi connectivity index (χ0) is 12.3. The minimum atomic E-state index is -0.623. The number of amides is 1. The van der Waals surface area contributed by atoms with Crippen molar-refractivity contribution in [1.82, 2.24) is 15.3 Å². The minimum Gasteiger partial charge on any atom is -0.317 e. The zero-order valence-corrected chi connectivity index (χ0v) is 10.7. The Labute approximate surface area is 103 Å². The van der Waals surface area contributed by atoms with Crippen LogP contribution in [0.4, 0.5) is 0 Å². The number of likely N-dealkylation sites (N-methyl/N-ethyl adjacent to an activating group) is 1. The van der Waals surface area contributed by atoms with Gasteiger partial charge in [0.2, 0.25) is 0 Å². The monoisotopic (exact) mass is 240 g/mol. The van der Waals surface area contributed by atoms with Crippen molar-refractivity contribution in [2.45, 2.75) is 37.6 Å². The molecule has 1 saturated heterocycles. The van der Waals surface area contributed by atoms with E-state index in [0.29, 0.717) is 0 Å².